The molecule has 0 bridgehead atoms. The summed E-state index contributed by atoms with van der Waals surface area (Å²) in [5.41, 5.74) is 6.16. The van der Waals surface area contributed by atoms with Crippen LogP contribution in [0.1, 0.15) is 12.8 Å². The highest BCUT2D eigenvalue weighted by Gasteiger charge is 2.34. The van der Waals surface area contributed by atoms with E-state index in [-0.39, 0.29) is 17.6 Å². The summed E-state index contributed by atoms with van der Waals surface area (Å²) >= 11 is 0. The van der Waals surface area contributed by atoms with Gasteiger partial charge >= 0.3 is 0 Å². The van der Waals surface area contributed by atoms with Crippen molar-refractivity contribution in [2.75, 3.05) is 43.4 Å². The molecular formula is C23H24F2N8O2. The van der Waals surface area contributed by atoms with Gasteiger partial charge in [-0.1, -0.05) is 0 Å². The summed E-state index contributed by atoms with van der Waals surface area (Å²) in [6, 6.07) is 7.27. The van der Waals surface area contributed by atoms with Crippen molar-refractivity contribution in [3.8, 4) is 17.3 Å². The molecule has 182 valence electrons. The number of benzene rings is 1. The average molecular weight is 482 g/mol. The van der Waals surface area contributed by atoms with Crippen molar-refractivity contribution in [1.82, 2.24) is 29.5 Å². The predicted octanol–water partition coefficient (Wildman–Crippen LogP) is 2.62. The minimum Gasteiger partial charge on any atom is -0.490 e. The highest BCUT2D eigenvalue weighted by Crippen LogP contribution is 2.28. The average Bonchev–Trinajstić information content (AvgIpc) is 3.53. The number of halogens is 2. The van der Waals surface area contributed by atoms with E-state index in [1.165, 1.54) is 16.6 Å². The number of piperazine rings is 1. The molecule has 0 saturated carbocycles. The SMILES string of the molecule is Nc1nc(N2CCN3C[C@@H](COc4ccc(F)cc4F)CC[C@H]3C2)nc2nc(-c3ccco3)nn12. The van der Waals surface area contributed by atoms with E-state index in [1.807, 2.05) is 0 Å². The summed E-state index contributed by atoms with van der Waals surface area (Å²) in [5, 5.41) is 4.35. The number of nitrogens with zero attached hydrogens (tertiary/aromatic N) is 7. The molecule has 10 nitrogen and oxygen atoms in total. The van der Waals surface area contributed by atoms with Gasteiger partial charge < -0.3 is 19.8 Å². The fourth-order valence-corrected chi connectivity index (χ4v) is 4.82. The second kappa shape index (κ2) is 8.77. The van der Waals surface area contributed by atoms with Gasteiger partial charge in [0.05, 0.1) is 12.9 Å². The summed E-state index contributed by atoms with van der Waals surface area (Å²) in [5.74, 6) is 1.14. The Morgan fingerprint density at radius 1 is 1.09 bits per heavy atom. The standard InChI is InChI=1S/C23H24F2N8O2/c24-15-4-6-18(17(25)10-15)35-13-14-3-5-16-12-32(8-7-31(16)11-14)22-28-21(26)33-23(29-22)27-20(30-33)19-2-1-9-34-19/h1-2,4,6,9-10,14,16H,3,5,7-8,11-13H2,(H2,26,27,28,29,30)/t14-,16-/m0/s1. The lowest BCUT2D eigenvalue weighted by Crippen LogP contribution is -2.57. The van der Waals surface area contributed by atoms with Crippen LogP contribution in [0.25, 0.3) is 17.4 Å². The third kappa shape index (κ3) is 4.25. The van der Waals surface area contributed by atoms with E-state index in [0.717, 1.165) is 45.1 Å². The first-order valence-electron chi connectivity index (χ1n) is 11.5. The van der Waals surface area contributed by atoms with Crippen LogP contribution >= 0.6 is 0 Å². The molecule has 3 aromatic heterocycles. The lowest BCUT2D eigenvalue weighted by Gasteiger charge is -2.46. The molecule has 0 aliphatic carbocycles. The normalized spacial score (nSPS) is 20.8. The van der Waals surface area contributed by atoms with E-state index in [9.17, 15) is 8.78 Å². The molecule has 5 heterocycles. The Kier molecular flexibility index (Phi) is 5.44. The number of rotatable bonds is 5. The van der Waals surface area contributed by atoms with Crippen LogP contribution in [-0.4, -0.2) is 68.3 Å². The number of nitrogen functional groups attached to an aromatic ring is 1. The van der Waals surface area contributed by atoms with Gasteiger partial charge in [0.15, 0.2) is 17.3 Å². The van der Waals surface area contributed by atoms with E-state index < -0.39 is 11.6 Å². The van der Waals surface area contributed by atoms with Gasteiger partial charge in [-0.15, -0.1) is 5.10 Å². The molecule has 35 heavy (non-hydrogen) atoms. The minimum absolute atomic E-state index is 0.0900. The van der Waals surface area contributed by atoms with Gasteiger partial charge in [0, 0.05) is 44.2 Å². The van der Waals surface area contributed by atoms with E-state index in [2.05, 4.69) is 29.9 Å². The second-order valence-electron chi connectivity index (χ2n) is 8.93. The minimum atomic E-state index is -0.674. The van der Waals surface area contributed by atoms with E-state index in [1.54, 1.807) is 18.4 Å². The molecule has 4 aromatic rings. The maximum Gasteiger partial charge on any atom is 0.259 e. The number of aromatic nitrogens is 5. The Bertz CT molecular complexity index is 1350. The molecular weight excluding hydrogens is 458 g/mol. The molecule has 2 N–H and O–H groups in total. The van der Waals surface area contributed by atoms with E-state index in [0.29, 0.717) is 36.0 Å². The fourth-order valence-electron chi connectivity index (χ4n) is 4.82. The zero-order valence-electron chi connectivity index (χ0n) is 18.8. The van der Waals surface area contributed by atoms with Gasteiger partial charge in [-0.05, 0) is 37.1 Å². The van der Waals surface area contributed by atoms with Crippen LogP contribution in [0.5, 0.6) is 5.75 Å². The Morgan fingerprint density at radius 2 is 2.00 bits per heavy atom. The molecule has 1 aromatic carbocycles. The third-order valence-electron chi connectivity index (χ3n) is 6.62. The van der Waals surface area contributed by atoms with Crippen LogP contribution in [-0.2, 0) is 0 Å². The van der Waals surface area contributed by atoms with Crippen molar-refractivity contribution in [2.24, 2.45) is 5.92 Å². The summed E-state index contributed by atoms with van der Waals surface area (Å²) < 4.78 is 39.4. The molecule has 6 rings (SSSR count). The molecule has 2 saturated heterocycles. The second-order valence-corrected chi connectivity index (χ2v) is 8.93. The molecule has 2 aliphatic rings. The zero-order chi connectivity index (χ0) is 23.9. The van der Waals surface area contributed by atoms with Crippen LogP contribution < -0.4 is 15.4 Å². The van der Waals surface area contributed by atoms with Crippen molar-refractivity contribution in [2.45, 2.75) is 18.9 Å². The Labute approximate surface area is 199 Å². The number of anilines is 2. The predicted molar refractivity (Wildman–Crippen MR) is 123 cm³/mol. The van der Waals surface area contributed by atoms with Crippen molar-refractivity contribution < 1.29 is 17.9 Å². The summed E-state index contributed by atoms with van der Waals surface area (Å²) in [6.07, 6.45) is 3.49. The largest absolute Gasteiger partial charge is 0.490 e. The van der Waals surface area contributed by atoms with Crippen molar-refractivity contribution >= 4 is 17.7 Å². The van der Waals surface area contributed by atoms with Crippen molar-refractivity contribution in [1.29, 1.82) is 0 Å². The number of nitrogens with two attached hydrogens (primary N) is 1. The summed E-state index contributed by atoms with van der Waals surface area (Å²) in [6.45, 7) is 3.61. The number of fused-ring (bicyclic) bond motifs is 2. The Hall–Kier alpha value is -3.80. The number of furan rings is 1. The monoisotopic (exact) mass is 482 g/mol. The van der Waals surface area contributed by atoms with Crippen LogP contribution in [0.2, 0.25) is 0 Å². The van der Waals surface area contributed by atoms with E-state index in [4.69, 9.17) is 14.9 Å². The first-order valence-corrected chi connectivity index (χ1v) is 11.5. The summed E-state index contributed by atoms with van der Waals surface area (Å²) in [7, 11) is 0. The van der Waals surface area contributed by atoms with Crippen molar-refractivity contribution in [3.05, 3.63) is 48.2 Å². The van der Waals surface area contributed by atoms with Gasteiger partial charge in [-0.2, -0.15) is 19.5 Å². The molecule has 0 amide bonds. The topological polar surface area (TPSA) is 111 Å². The molecule has 2 fully saturated rings. The maximum atomic E-state index is 13.9. The maximum absolute atomic E-state index is 13.9. The molecule has 0 unspecified atom stereocenters. The van der Waals surface area contributed by atoms with Gasteiger partial charge in [0.25, 0.3) is 5.78 Å². The lowest BCUT2D eigenvalue weighted by molar-refractivity contribution is 0.0716. The summed E-state index contributed by atoms with van der Waals surface area (Å²) in [4.78, 5) is 18.1. The van der Waals surface area contributed by atoms with Crippen LogP contribution in [0.3, 0.4) is 0 Å². The molecule has 12 heteroatoms. The molecule has 0 spiro atoms. The van der Waals surface area contributed by atoms with Crippen LogP contribution in [0.15, 0.2) is 41.0 Å². The lowest BCUT2D eigenvalue weighted by atomic mass is 9.91. The first-order chi connectivity index (χ1) is 17.0. The zero-order valence-corrected chi connectivity index (χ0v) is 18.8. The highest BCUT2D eigenvalue weighted by atomic mass is 19.1. The molecule has 2 atom stereocenters. The molecule has 2 aliphatic heterocycles. The smallest absolute Gasteiger partial charge is 0.259 e. The van der Waals surface area contributed by atoms with Crippen LogP contribution in [0.4, 0.5) is 20.7 Å². The molecule has 0 radical (unpaired) electrons. The van der Waals surface area contributed by atoms with Gasteiger partial charge in [-0.3, -0.25) is 4.90 Å². The van der Waals surface area contributed by atoms with E-state index >= 15 is 0 Å². The number of ether oxygens (including phenoxy) is 1. The first kappa shape index (κ1) is 21.7. The fraction of sp³-hybridized carbons (Fsp3) is 0.391. The van der Waals surface area contributed by atoms with Gasteiger partial charge in [0.2, 0.25) is 17.7 Å². The number of hydrogen-bond donors (Lipinski definition) is 1. The number of piperidine rings is 1. The van der Waals surface area contributed by atoms with Crippen LogP contribution in [0, 0.1) is 17.6 Å². The third-order valence-corrected chi connectivity index (χ3v) is 6.62. The number of hydrogen-bond acceptors (Lipinski definition) is 9. The van der Waals surface area contributed by atoms with Crippen molar-refractivity contribution in [3.63, 3.8) is 0 Å². The quantitative estimate of drug-likeness (QED) is 0.459. The Balaban J connectivity index is 1.10. The Morgan fingerprint density at radius 3 is 2.83 bits per heavy atom. The highest BCUT2D eigenvalue weighted by molar-refractivity contribution is 5.53. The van der Waals surface area contributed by atoms with Gasteiger partial charge in [0.1, 0.15) is 5.82 Å². The van der Waals surface area contributed by atoms with Gasteiger partial charge in [-0.25, -0.2) is 8.78 Å².